The van der Waals surface area contributed by atoms with Crippen molar-refractivity contribution in [3.05, 3.63) is 169 Å². The Morgan fingerprint density at radius 3 is 1.27 bits per heavy atom. The molecule has 0 aliphatic rings. The molecule has 0 bridgehead atoms. The molecule has 0 saturated heterocycles. The van der Waals surface area contributed by atoms with Gasteiger partial charge in [0.25, 0.3) is 0 Å². The highest BCUT2D eigenvalue weighted by Gasteiger charge is 2.20. The number of nitrogens with zero attached hydrogens (tertiary/aromatic N) is 2. The van der Waals surface area contributed by atoms with Gasteiger partial charge in [-0.15, -0.1) is 0 Å². The largest absolute Gasteiger partial charge is 0.243 e. The monoisotopic (exact) mass is 564 g/mol. The summed E-state index contributed by atoms with van der Waals surface area (Å²) in [5.74, 6) is 0. The van der Waals surface area contributed by atoms with Gasteiger partial charge >= 0.3 is 0 Å². The molecule has 1 heterocycles. The minimum Gasteiger partial charge on any atom is -0.243 e. The van der Waals surface area contributed by atoms with Gasteiger partial charge in [0, 0.05) is 22.3 Å². The van der Waals surface area contributed by atoms with Crippen LogP contribution in [0.3, 0.4) is 0 Å². The average Bonchev–Trinajstić information content (AvgIpc) is 3.09. The van der Waals surface area contributed by atoms with Crippen molar-refractivity contribution in [2.24, 2.45) is 0 Å². The van der Waals surface area contributed by atoms with Crippen molar-refractivity contribution in [2.45, 2.75) is 13.8 Å². The summed E-state index contributed by atoms with van der Waals surface area (Å²) in [6.45, 7) is 4.30. The first-order valence-electron chi connectivity index (χ1n) is 15.0. The molecule has 0 unspecified atom stereocenters. The molecule has 44 heavy (non-hydrogen) atoms. The molecule has 6 aromatic carbocycles. The van der Waals surface area contributed by atoms with Crippen LogP contribution < -0.4 is 0 Å². The van der Waals surface area contributed by atoms with Crippen LogP contribution in [-0.2, 0) is 0 Å². The van der Waals surface area contributed by atoms with Crippen LogP contribution in [0.4, 0.5) is 0 Å². The lowest BCUT2D eigenvalue weighted by atomic mass is 9.93. The Kier molecular flexibility index (Phi) is 7.40. The molecular formula is C42H32N2. The van der Waals surface area contributed by atoms with E-state index >= 15 is 0 Å². The number of aryl methyl sites for hydroxylation is 2. The quantitative estimate of drug-likeness (QED) is 0.201. The maximum Gasteiger partial charge on any atom is 0.0973 e. The van der Waals surface area contributed by atoms with Crippen LogP contribution in [0.1, 0.15) is 11.1 Å². The first kappa shape index (κ1) is 27.2. The number of benzene rings is 6. The van der Waals surface area contributed by atoms with Gasteiger partial charge in [-0.1, -0.05) is 151 Å². The highest BCUT2D eigenvalue weighted by Crippen LogP contribution is 2.39. The van der Waals surface area contributed by atoms with E-state index in [4.69, 9.17) is 9.97 Å². The van der Waals surface area contributed by atoms with E-state index in [9.17, 15) is 0 Å². The van der Waals surface area contributed by atoms with Gasteiger partial charge in [0.2, 0.25) is 0 Å². The number of rotatable bonds is 6. The van der Waals surface area contributed by atoms with Gasteiger partial charge < -0.3 is 0 Å². The molecule has 2 heteroatoms. The molecule has 0 amide bonds. The minimum absolute atomic E-state index is 0.865. The number of hydrogen-bond donors (Lipinski definition) is 0. The summed E-state index contributed by atoms with van der Waals surface area (Å²) in [5.41, 5.74) is 14.9. The highest BCUT2D eigenvalue weighted by atomic mass is 14.9. The molecule has 0 N–H and O–H groups in total. The zero-order chi connectivity index (χ0) is 29.9. The van der Waals surface area contributed by atoms with Gasteiger partial charge in [0.1, 0.15) is 0 Å². The summed E-state index contributed by atoms with van der Waals surface area (Å²) >= 11 is 0. The van der Waals surface area contributed by atoms with E-state index in [1.807, 2.05) is 18.2 Å². The molecule has 0 atom stereocenters. The van der Waals surface area contributed by atoms with Crippen LogP contribution in [0.25, 0.3) is 67.3 Å². The van der Waals surface area contributed by atoms with Crippen molar-refractivity contribution >= 4 is 0 Å². The van der Waals surface area contributed by atoms with Crippen molar-refractivity contribution in [3.63, 3.8) is 0 Å². The van der Waals surface area contributed by atoms with Crippen LogP contribution in [-0.4, -0.2) is 9.97 Å². The molecular weight excluding hydrogens is 532 g/mol. The third-order valence-corrected chi connectivity index (χ3v) is 8.11. The molecule has 0 aliphatic heterocycles. The second-order valence-corrected chi connectivity index (χ2v) is 11.2. The molecule has 0 aliphatic carbocycles. The third-order valence-electron chi connectivity index (χ3n) is 8.11. The molecule has 0 saturated carbocycles. The van der Waals surface area contributed by atoms with E-state index in [1.165, 1.54) is 27.8 Å². The van der Waals surface area contributed by atoms with Crippen molar-refractivity contribution in [1.82, 2.24) is 9.97 Å². The van der Waals surface area contributed by atoms with E-state index in [0.717, 1.165) is 50.6 Å². The number of aromatic nitrogens is 2. The fourth-order valence-electron chi connectivity index (χ4n) is 5.72. The Bertz CT molecular complexity index is 2050. The van der Waals surface area contributed by atoms with Gasteiger partial charge in [0.05, 0.1) is 22.8 Å². The van der Waals surface area contributed by atoms with Crippen LogP contribution in [0.15, 0.2) is 158 Å². The van der Waals surface area contributed by atoms with Gasteiger partial charge in [0.15, 0.2) is 0 Å². The summed E-state index contributed by atoms with van der Waals surface area (Å²) in [7, 11) is 0. The summed E-state index contributed by atoms with van der Waals surface area (Å²) < 4.78 is 0. The first-order valence-corrected chi connectivity index (χ1v) is 15.0. The maximum absolute atomic E-state index is 5.43. The fourth-order valence-corrected chi connectivity index (χ4v) is 5.72. The highest BCUT2D eigenvalue weighted by molar-refractivity contribution is 5.88. The van der Waals surface area contributed by atoms with E-state index in [-0.39, 0.29) is 0 Å². The Hall–Kier alpha value is -5.60. The Morgan fingerprint density at radius 1 is 0.318 bits per heavy atom. The molecule has 0 fully saturated rings. The maximum atomic E-state index is 5.43. The summed E-state index contributed by atoms with van der Waals surface area (Å²) in [6.07, 6.45) is 0. The minimum atomic E-state index is 0.865. The lowest BCUT2D eigenvalue weighted by Crippen LogP contribution is -2.01. The fraction of sp³-hybridized carbons (Fsp3) is 0.0476. The van der Waals surface area contributed by atoms with E-state index in [1.54, 1.807) is 0 Å². The average molecular weight is 565 g/mol. The topological polar surface area (TPSA) is 25.8 Å². The van der Waals surface area contributed by atoms with Gasteiger partial charge in [-0.3, -0.25) is 0 Å². The van der Waals surface area contributed by atoms with Gasteiger partial charge in [-0.2, -0.15) is 0 Å². The Balaban J connectivity index is 1.43. The molecule has 210 valence electrons. The molecule has 7 rings (SSSR count). The molecule has 0 spiro atoms. The molecule has 0 radical (unpaired) electrons. The van der Waals surface area contributed by atoms with Crippen LogP contribution >= 0.6 is 0 Å². The second-order valence-electron chi connectivity index (χ2n) is 11.2. The van der Waals surface area contributed by atoms with Crippen LogP contribution in [0.5, 0.6) is 0 Å². The van der Waals surface area contributed by atoms with Gasteiger partial charge in [-0.25, -0.2) is 9.97 Å². The van der Waals surface area contributed by atoms with Crippen LogP contribution in [0, 0.1) is 13.8 Å². The predicted octanol–water partition coefficient (Wildman–Crippen LogP) is 11.1. The molecule has 2 nitrogen and oxygen atoms in total. The van der Waals surface area contributed by atoms with Crippen molar-refractivity contribution < 1.29 is 0 Å². The van der Waals surface area contributed by atoms with E-state index < -0.39 is 0 Å². The van der Waals surface area contributed by atoms with Crippen molar-refractivity contribution in [3.8, 4) is 67.3 Å². The predicted molar refractivity (Wildman–Crippen MR) is 184 cm³/mol. The zero-order valence-corrected chi connectivity index (χ0v) is 24.9. The first-order chi connectivity index (χ1) is 21.6. The zero-order valence-electron chi connectivity index (χ0n) is 24.9. The van der Waals surface area contributed by atoms with E-state index in [0.29, 0.717) is 0 Å². The third kappa shape index (κ3) is 5.46. The Morgan fingerprint density at radius 2 is 0.750 bits per heavy atom. The summed E-state index contributed by atoms with van der Waals surface area (Å²) in [4.78, 5) is 10.8. The molecule has 1 aromatic heterocycles. The second kappa shape index (κ2) is 11.9. The summed E-state index contributed by atoms with van der Waals surface area (Å²) in [5, 5.41) is 0. The van der Waals surface area contributed by atoms with E-state index in [2.05, 4.69) is 153 Å². The lowest BCUT2D eigenvalue weighted by molar-refractivity contribution is 1.21. The smallest absolute Gasteiger partial charge is 0.0973 e. The van der Waals surface area contributed by atoms with Crippen molar-refractivity contribution in [2.75, 3.05) is 0 Å². The summed E-state index contributed by atoms with van der Waals surface area (Å²) in [6, 6.07) is 55.3. The van der Waals surface area contributed by atoms with Crippen molar-refractivity contribution in [1.29, 1.82) is 0 Å². The van der Waals surface area contributed by atoms with Crippen LogP contribution in [0.2, 0.25) is 0 Å². The van der Waals surface area contributed by atoms with Gasteiger partial charge in [-0.05, 0) is 53.8 Å². The SMILES string of the molecule is Cc1ccc(-c2ccc(C)c(-c3cccc(-c4nc(-c5ccccc5)c(-c5ccccc5)nc4-c4ccccc4)c3)c2)cc1. The number of hydrogen-bond acceptors (Lipinski definition) is 2. The molecule has 7 aromatic rings. The standard InChI is InChI=1S/C42H32N2/c1-29-21-24-31(25-22-29)35-26-23-30(2)38(28-35)36-19-12-20-37(27-36)42-41(34-17-10-5-11-18-34)43-39(32-13-6-3-7-14-32)40(44-42)33-15-8-4-9-16-33/h3-28H,1-2H3. The normalized spacial score (nSPS) is 11.0. The Labute approximate surface area is 259 Å². The lowest BCUT2D eigenvalue weighted by Gasteiger charge is -2.17.